The predicted molar refractivity (Wildman–Crippen MR) is 91.0 cm³/mol. The maximum atomic E-state index is 12.3. The number of hydrogen-bond donors (Lipinski definition) is 1. The maximum Gasteiger partial charge on any atom is 0.328 e. The van der Waals surface area contributed by atoms with Gasteiger partial charge in [0.2, 0.25) is 15.9 Å². The molecule has 9 heteroatoms. The third-order valence-electron chi connectivity index (χ3n) is 3.88. The van der Waals surface area contributed by atoms with Gasteiger partial charge in [0.05, 0.1) is 5.75 Å². The fourth-order valence-electron chi connectivity index (χ4n) is 2.54. The largest absolute Gasteiger partial charge is 0.478 e. The van der Waals surface area contributed by atoms with Gasteiger partial charge in [-0.15, -0.1) is 0 Å². The first-order valence-corrected chi connectivity index (χ1v) is 9.56. The zero-order valence-corrected chi connectivity index (χ0v) is 14.6. The highest BCUT2D eigenvalue weighted by molar-refractivity contribution is 7.89. The smallest absolute Gasteiger partial charge is 0.328 e. The van der Waals surface area contributed by atoms with Crippen LogP contribution in [0.1, 0.15) is 18.4 Å². The molecule has 1 saturated heterocycles. The van der Waals surface area contributed by atoms with Crippen LogP contribution < -0.4 is 0 Å². The molecule has 136 valence electrons. The summed E-state index contributed by atoms with van der Waals surface area (Å²) in [6, 6.07) is 3.44. The third kappa shape index (κ3) is 5.95. The number of rotatable bonds is 8. The molecule has 0 saturated carbocycles. The van der Waals surface area contributed by atoms with Crippen molar-refractivity contribution in [3.05, 3.63) is 42.2 Å². The number of hydrogen-bond acceptors (Lipinski definition) is 5. The molecular formula is C16H21N3O5S. The Morgan fingerprint density at radius 2 is 1.84 bits per heavy atom. The van der Waals surface area contributed by atoms with Gasteiger partial charge in [-0.1, -0.05) is 0 Å². The molecule has 1 N–H and O–H groups in total. The topological polar surface area (TPSA) is 108 Å². The van der Waals surface area contributed by atoms with Crippen LogP contribution in [0.15, 0.2) is 36.7 Å². The Balaban J connectivity index is 2.07. The van der Waals surface area contributed by atoms with E-state index >= 15 is 0 Å². The van der Waals surface area contributed by atoms with Crippen LogP contribution in [0, 0.1) is 0 Å². The second-order valence-electron chi connectivity index (χ2n) is 5.71. The summed E-state index contributed by atoms with van der Waals surface area (Å²) in [5.74, 6) is -1.97. The summed E-state index contributed by atoms with van der Waals surface area (Å²) in [7, 11) is -3.43. The lowest BCUT2D eigenvalue weighted by molar-refractivity contribution is -0.132. The molecule has 1 aromatic rings. The van der Waals surface area contributed by atoms with E-state index in [1.54, 1.807) is 24.5 Å². The number of carbonyl (C=O) groups excluding carboxylic acids is 1. The zero-order valence-electron chi connectivity index (χ0n) is 13.7. The number of carboxylic acid groups (broad SMARTS) is 1. The average Bonchev–Trinajstić information content (AvgIpc) is 3.13. The highest BCUT2D eigenvalue weighted by Crippen LogP contribution is 2.14. The molecule has 25 heavy (non-hydrogen) atoms. The van der Waals surface area contributed by atoms with Crippen molar-refractivity contribution in [2.45, 2.75) is 19.4 Å². The standard InChI is InChI=1S/C16H21N3O5S/c20-15(3-4-16(21)22)18(13-14-5-7-17-8-6-14)11-12-25(23,24)19-9-1-2-10-19/h3-8H,1-2,9-13H2,(H,21,22)/b4-3+. The molecule has 1 amide bonds. The molecule has 0 atom stereocenters. The fraction of sp³-hybridized carbons (Fsp3) is 0.438. The number of carboxylic acids is 1. The Bertz CT molecular complexity index is 727. The zero-order chi connectivity index (χ0) is 18.3. The van der Waals surface area contributed by atoms with Gasteiger partial charge in [0.15, 0.2) is 0 Å². The van der Waals surface area contributed by atoms with Crippen LogP contribution >= 0.6 is 0 Å². The molecule has 8 nitrogen and oxygen atoms in total. The van der Waals surface area contributed by atoms with Gasteiger partial charge < -0.3 is 10.0 Å². The molecule has 2 rings (SSSR count). The van der Waals surface area contributed by atoms with Crippen molar-refractivity contribution in [3.63, 3.8) is 0 Å². The number of amides is 1. The van der Waals surface area contributed by atoms with Crippen molar-refractivity contribution in [1.82, 2.24) is 14.2 Å². The maximum absolute atomic E-state index is 12.3. The van der Waals surface area contributed by atoms with Gasteiger partial charge >= 0.3 is 5.97 Å². The fourth-order valence-corrected chi connectivity index (χ4v) is 4.07. The van der Waals surface area contributed by atoms with E-state index in [0.717, 1.165) is 30.6 Å². The van der Waals surface area contributed by atoms with E-state index in [1.165, 1.54) is 9.21 Å². The number of aliphatic carboxylic acids is 1. The monoisotopic (exact) mass is 367 g/mol. The number of sulfonamides is 1. The molecule has 0 bridgehead atoms. The number of pyridine rings is 1. The Morgan fingerprint density at radius 1 is 1.20 bits per heavy atom. The number of carbonyl (C=O) groups is 2. The Morgan fingerprint density at radius 3 is 2.44 bits per heavy atom. The second-order valence-corrected chi connectivity index (χ2v) is 7.80. The van der Waals surface area contributed by atoms with Crippen molar-refractivity contribution < 1.29 is 23.1 Å². The molecule has 0 radical (unpaired) electrons. The minimum Gasteiger partial charge on any atom is -0.478 e. The highest BCUT2D eigenvalue weighted by Gasteiger charge is 2.26. The molecule has 1 aromatic heterocycles. The van der Waals surface area contributed by atoms with E-state index in [-0.39, 0.29) is 18.8 Å². The molecule has 1 fully saturated rings. The van der Waals surface area contributed by atoms with Crippen LogP contribution in [0.4, 0.5) is 0 Å². The summed E-state index contributed by atoms with van der Waals surface area (Å²) in [6.45, 7) is 1.20. The van der Waals surface area contributed by atoms with Crippen LogP contribution in [-0.2, 0) is 26.2 Å². The third-order valence-corrected chi connectivity index (χ3v) is 5.73. The van der Waals surface area contributed by atoms with E-state index in [4.69, 9.17) is 5.11 Å². The molecule has 0 spiro atoms. The average molecular weight is 367 g/mol. The van der Waals surface area contributed by atoms with E-state index in [0.29, 0.717) is 13.1 Å². The van der Waals surface area contributed by atoms with E-state index in [2.05, 4.69) is 4.98 Å². The lowest BCUT2D eigenvalue weighted by Crippen LogP contribution is -2.38. The van der Waals surface area contributed by atoms with Crippen LogP contribution in [0.25, 0.3) is 0 Å². The summed E-state index contributed by atoms with van der Waals surface area (Å²) in [4.78, 5) is 28.1. The highest BCUT2D eigenvalue weighted by atomic mass is 32.2. The summed E-state index contributed by atoms with van der Waals surface area (Å²) in [5.41, 5.74) is 0.783. The number of aromatic nitrogens is 1. The molecule has 2 heterocycles. The normalized spacial score (nSPS) is 15.5. The first-order valence-electron chi connectivity index (χ1n) is 7.95. The first kappa shape index (κ1) is 19.1. The van der Waals surface area contributed by atoms with Crippen LogP contribution in [0.3, 0.4) is 0 Å². The van der Waals surface area contributed by atoms with Crippen molar-refractivity contribution in [3.8, 4) is 0 Å². The molecule has 0 unspecified atom stereocenters. The Hall–Kier alpha value is -2.26. The lowest BCUT2D eigenvalue weighted by Gasteiger charge is -2.23. The minimum absolute atomic E-state index is 0.00997. The summed E-state index contributed by atoms with van der Waals surface area (Å²) < 4.78 is 26.1. The van der Waals surface area contributed by atoms with Crippen LogP contribution in [-0.4, -0.2) is 65.0 Å². The van der Waals surface area contributed by atoms with E-state index < -0.39 is 21.9 Å². The molecule has 0 aliphatic carbocycles. The van der Waals surface area contributed by atoms with E-state index in [1.807, 2.05) is 0 Å². The van der Waals surface area contributed by atoms with Crippen LogP contribution in [0.5, 0.6) is 0 Å². The SMILES string of the molecule is O=C(O)/C=C/C(=O)N(CCS(=O)(=O)N1CCCC1)Cc1ccncc1. The van der Waals surface area contributed by atoms with Crippen molar-refractivity contribution >= 4 is 21.9 Å². The van der Waals surface area contributed by atoms with Gasteiger partial charge in [0.25, 0.3) is 0 Å². The van der Waals surface area contributed by atoms with Gasteiger partial charge in [-0.05, 0) is 30.5 Å². The Kier molecular flexibility index (Phi) is 6.65. The van der Waals surface area contributed by atoms with Crippen molar-refractivity contribution in [1.29, 1.82) is 0 Å². The minimum atomic E-state index is -3.43. The number of nitrogens with zero attached hydrogens (tertiary/aromatic N) is 3. The summed E-state index contributed by atoms with van der Waals surface area (Å²) in [5, 5.41) is 8.67. The van der Waals surface area contributed by atoms with E-state index in [9.17, 15) is 18.0 Å². The van der Waals surface area contributed by atoms with Gasteiger partial charge in [-0.3, -0.25) is 9.78 Å². The molecular weight excluding hydrogens is 346 g/mol. The van der Waals surface area contributed by atoms with Gasteiger partial charge in [-0.2, -0.15) is 0 Å². The summed E-state index contributed by atoms with van der Waals surface area (Å²) in [6.07, 6.45) is 6.53. The molecule has 1 aliphatic rings. The predicted octanol–water partition coefficient (Wildman–Crippen LogP) is 0.477. The quantitative estimate of drug-likeness (QED) is 0.670. The van der Waals surface area contributed by atoms with Gasteiger partial charge in [0, 0.05) is 50.7 Å². The first-order chi connectivity index (χ1) is 11.9. The van der Waals surface area contributed by atoms with Crippen LogP contribution in [0.2, 0.25) is 0 Å². The lowest BCUT2D eigenvalue weighted by atomic mass is 10.2. The second kappa shape index (κ2) is 8.72. The van der Waals surface area contributed by atoms with Gasteiger partial charge in [0.1, 0.15) is 0 Å². The van der Waals surface area contributed by atoms with Crippen molar-refractivity contribution in [2.24, 2.45) is 0 Å². The molecule has 0 aromatic carbocycles. The van der Waals surface area contributed by atoms with Crippen molar-refractivity contribution in [2.75, 3.05) is 25.4 Å². The van der Waals surface area contributed by atoms with Gasteiger partial charge in [-0.25, -0.2) is 17.5 Å². The Labute approximate surface area is 146 Å². The summed E-state index contributed by atoms with van der Waals surface area (Å²) >= 11 is 0. The molecule has 1 aliphatic heterocycles.